The summed E-state index contributed by atoms with van der Waals surface area (Å²) in [6.45, 7) is 2.01. The van der Waals surface area contributed by atoms with Crippen molar-refractivity contribution in [3.05, 3.63) is 68.3 Å². The zero-order chi connectivity index (χ0) is 25.1. The molecule has 1 N–H and O–H groups in total. The number of nitrogens with one attached hydrogen (secondary N) is 1. The van der Waals surface area contributed by atoms with E-state index < -0.39 is 22.9 Å². The maximum atomic E-state index is 12.9. The number of rotatable bonds is 6. The number of hydrogen-bond acceptors (Lipinski definition) is 8. The normalized spacial score (nSPS) is 13.9. The van der Waals surface area contributed by atoms with E-state index in [0.717, 1.165) is 25.3 Å². The number of aryl methyl sites for hydroxylation is 1. The largest absolute Gasteiger partial charge is 0.495 e. The molecule has 0 unspecified atom stereocenters. The highest BCUT2D eigenvalue weighted by molar-refractivity contribution is 5.99. The van der Waals surface area contributed by atoms with Gasteiger partial charge in [-0.05, 0) is 44.0 Å². The molecule has 11 nitrogen and oxygen atoms in total. The molecule has 182 valence electrons. The van der Waals surface area contributed by atoms with Gasteiger partial charge in [-0.2, -0.15) is 0 Å². The first-order valence-corrected chi connectivity index (χ1v) is 11.2. The fourth-order valence-corrected chi connectivity index (χ4v) is 3.97. The molecule has 0 aliphatic carbocycles. The number of benzene rings is 2. The van der Waals surface area contributed by atoms with Crippen LogP contribution in [0.15, 0.2) is 41.2 Å². The van der Waals surface area contributed by atoms with Crippen LogP contribution < -0.4 is 15.6 Å². The number of hydrogen-bond donors (Lipinski definition) is 1. The number of carbonyl (C=O) groups is 2. The van der Waals surface area contributed by atoms with Gasteiger partial charge in [0.25, 0.3) is 17.2 Å². The van der Waals surface area contributed by atoms with E-state index in [4.69, 9.17) is 9.47 Å². The second-order valence-electron chi connectivity index (χ2n) is 8.21. The lowest BCUT2D eigenvalue weighted by Crippen LogP contribution is -2.30. The molecule has 0 saturated heterocycles. The summed E-state index contributed by atoms with van der Waals surface area (Å²) in [7, 11) is 1.36. The maximum absolute atomic E-state index is 12.9. The second-order valence-corrected chi connectivity index (χ2v) is 8.21. The molecule has 11 heteroatoms. The minimum atomic E-state index is -1.22. The molecule has 3 aromatic rings. The zero-order valence-corrected chi connectivity index (χ0v) is 19.3. The number of ether oxygens (including phenoxy) is 2. The monoisotopic (exact) mass is 480 g/mol. The average molecular weight is 480 g/mol. The van der Waals surface area contributed by atoms with Gasteiger partial charge in [0.1, 0.15) is 11.6 Å². The standard InChI is InChI=1S/C24H24N4O7/c1-14(22(29)26-19-13-16(28(32)33)8-10-20(19)34-2)35-24(31)15-7-9-17-18(12-15)25-21-6-4-3-5-11-27(21)23(17)30/h7-10,12-14H,3-6,11H2,1-2H3,(H,26,29)/t14-/m1/s1. The fraction of sp³-hybridized carbons (Fsp3) is 0.333. The van der Waals surface area contributed by atoms with Crippen LogP contribution in [0.3, 0.4) is 0 Å². The summed E-state index contributed by atoms with van der Waals surface area (Å²) < 4.78 is 12.1. The lowest BCUT2D eigenvalue weighted by atomic mass is 10.1. The summed E-state index contributed by atoms with van der Waals surface area (Å²) in [6, 6.07) is 8.25. The lowest BCUT2D eigenvalue weighted by molar-refractivity contribution is -0.384. The van der Waals surface area contributed by atoms with Gasteiger partial charge in [-0.25, -0.2) is 9.78 Å². The number of methoxy groups -OCH3 is 1. The van der Waals surface area contributed by atoms with E-state index in [2.05, 4.69) is 10.3 Å². The number of non-ortho nitro benzene ring substituents is 1. The molecule has 1 aliphatic rings. The third-order valence-electron chi connectivity index (χ3n) is 5.86. The van der Waals surface area contributed by atoms with Crippen molar-refractivity contribution in [2.45, 2.75) is 45.3 Å². The van der Waals surface area contributed by atoms with Gasteiger partial charge in [0, 0.05) is 25.1 Å². The number of nitrogens with zero attached hydrogens (tertiary/aromatic N) is 3. The lowest BCUT2D eigenvalue weighted by Gasteiger charge is -2.15. The molecule has 0 bridgehead atoms. The van der Waals surface area contributed by atoms with E-state index in [-0.39, 0.29) is 28.2 Å². The third-order valence-corrected chi connectivity index (χ3v) is 5.86. The number of fused-ring (bicyclic) bond motifs is 2. The van der Waals surface area contributed by atoms with Gasteiger partial charge in [-0.15, -0.1) is 0 Å². The zero-order valence-electron chi connectivity index (χ0n) is 19.3. The summed E-state index contributed by atoms with van der Waals surface area (Å²) in [5.74, 6) is -0.547. The summed E-state index contributed by atoms with van der Waals surface area (Å²) in [4.78, 5) is 53.2. The van der Waals surface area contributed by atoms with E-state index in [9.17, 15) is 24.5 Å². The van der Waals surface area contributed by atoms with Crippen molar-refractivity contribution in [1.82, 2.24) is 9.55 Å². The molecule has 1 aliphatic heterocycles. The predicted molar refractivity (Wildman–Crippen MR) is 127 cm³/mol. The Labute approximate surface area is 199 Å². The first kappa shape index (κ1) is 23.9. The molecule has 1 atom stereocenters. The Morgan fingerprint density at radius 2 is 1.97 bits per heavy atom. The highest BCUT2D eigenvalue weighted by Crippen LogP contribution is 2.29. The molecule has 4 rings (SSSR count). The fourth-order valence-electron chi connectivity index (χ4n) is 3.97. The van der Waals surface area contributed by atoms with Gasteiger partial charge in [-0.3, -0.25) is 24.3 Å². The molecule has 2 heterocycles. The van der Waals surface area contributed by atoms with Crippen molar-refractivity contribution in [2.75, 3.05) is 12.4 Å². The predicted octanol–water partition coefficient (Wildman–Crippen LogP) is 3.22. The van der Waals surface area contributed by atoms with Gasteiger partial charge in [0.05, 0.1) is 34.2 Å². The first-order chi connectivity index (χ1) is 16.8. The third kappa shape index (κ3) is 4.98. The summed E-state index contributed by atoms with van der Waals surface area (Å²) in [6.07, 6.45) is 2.37. The quantitative estimate of drug-likeness (QED) is 0.322. The SMILES string of the molecule is COc1ccc([N+](=O)[O-])cc1NC(=O)[C@@H](C)OC(=O)c1ccc2c(=O)n3c(nc2c1)CCCCC3. The minimum Gasteiger partial charge on any atom is -0.495 e. The van der Waals surface area contributed by atoms with Crippen LogP contribution in [0.1, 0.15) is 42.4 Å². The Balaban J connectivity index is 1.52. The average Bonchev–Trinajstić information content (AvgIpc) is 3.09. The Hall–Kier alpha value is -4.28. The molecule has 0 radical (unpaired) electrons. The Bertz CT molecular complexity index is 1380. The van der Waals surface area contributed by atoms with Crippen LogP contribution in [-0.4, -0.2) is 39.6 Å². The number of aromatic nitrogens is 2. The number of nitro groups is 1. The molecule has 0 spiro atoms. The summed E-state index contributed by atoms with van der Waals surface area (Å²) >= 11 is 0. The number of carbonyl (C=O) groups excluding carboxylic acids is 2. The smallest absolute Gasteiger partial charge is 0.338 e. The molecule has 2 aromatic carbocycles. The number of nitro benzene ring substituents is 1. The van der Waals surface area contributed by atoms with Crippen LogP contribution in [0, 0.1) is 10.1 Å². The molecule has 1 amide bonds. The molecular formula is C24H24N4O7. The van der Waals surface area contributed by atoms with E-state index in [1.54, 1.807) is 4.57 Å². The van der Waals surface area contributed by atoms with Crippen LogP contribution in [0.4, 0.5) is 11.4 Å². The van der Waals surface area contributed by atoms with Crippen LogP contribution in [0.2, 0.25) is 0 Å². The molecule has 1 aromatic heterocycles. The van der Waals surface area contributed by atoms with Crippen molar-refractivity contribution in [3.63, 3.8) is 0 Å². The topological polar surface area (TPSA) is 143 Å². The van der Waals surface area contributed by atoms with E-state index in [1.807, 2.05) is 0 Å². The van der Waals surface area contributed by atoms with Crippen LogP contribution in [-0.2, 0) is 22.5 Å². The summed E-state index contributed by atoms with van der Waals surface area (Å²) in [5.41, 5.74) is 0.255. The molecule has 35 heavy (non-hydrogen) atoms. The maximum Gasteiger partial charge on any atom is 0.338 e. The van der Waals surface area contributed by atoms with Crippen molar-refractivity contribution in [2.24, 2.45) is 0 Å². The van der Waals surface area contributed by atoms with E-state index in [1.165, 1.54) is 44.4 Å². The number of esters is 1. The Morgan fingerprint density at radius 1 is 1.17 bits per heavy atom. The number of amides is 1. The van der Waals surface area contributed by atoms with E-state index in [0.29, 0.717) is 29.7 Å². The van der Waals surface area contributed by atoms with Crippen molar-refractivity contribution >= 4 is 34.2 Å². The minimum absolute atomic E-state index is 0.0747. The Morgan fingerprint density at radius 3 is 2.71 bits per heavy atom. The molecule has 0 saturated carbocycles. The summed E-state index contributed by atoms with van der Waals surface area (Å²) in [5, 5.41) is 13.9. The first-order valence-electron chi connectivity index (χ1n) is 11.2. The molecule has 0 fully saturated rings. The number of anilines is 1. The van der Waals surface area contributed by atoms with Gasteiger partial charge < -0.3 is 14.8 Å². The van der Waals surface area contributed by atoms with Crippen molar-refractivity contribution < 1.29 is 24.0 Å². The van der Waals surface area contributed by atoms with Crippen LogP contribution in [0.25, 0.3) is 10.9 Å². The highest BCUT2D eigenvalue weighted by Gasteiger charge is 2.22. The van der Waals surface area contributed by atoms with Crippen molar-refractivity contribution in [1.29, 1.82) is 0 Å². The van der Waals surface area contributed by atoms with Crippen molar-refractivity contribution in [3.8, 4) is 5.75 Å². The van der Waals surface area contributed by atoms with Gasteiger partial charge in [-0.1, -0.05) is 6.42 Å². The van der Waals surface area contributed by atoms with E-state index >= 15 is 0 Å². The van der Waals surface area contributed by atoms with Crippen LogP contribution >= 0.6 is 0 Å². The van der Waals surface area contributed by atoms with Gasteiger partial charge in [0.15, 0.2) is 6.10 Å². The second kappa shape index (κ2) is 9.92. The Kier molecular flexibility index (Phi) is 6.76. The highest BCUT2D eigenvalue weighted by atomic mass is 16.6. The van der Waals surface area contributed by atoms with Gasteiger partial charge >= 0.3 is 5.97 Å². The molecular weight excluding hydrogens is 456 g/mol. The van der Waals surface area contributed by atoms with Crippen LogP contribution in [0.5, 0.6) is 5.75 Å². The van der Waals surface area contributed by atoms with Gasteiger partial charge in [0.2, 0.25) is 0 Å².